The number of methoxy groups -OCH3 is 1. The smallest absolute Gasteiger partial charge is 0.382 e. The Morgan fingerprint density at radius 2 is 1.82 bits per heavy atom. The third kappa shape index (κ3) is 2.93. The van der Waals surface area contributed by atoms with Crippen molar-refractivity contribution in [3.63, 3.8) is 0 Å². The Morgan fingerprint density at radius 3 is 2.18 bits per heavy atom. The lowest BCUT2D eigenvalue weighted by molar-refractivity contribution is -0.155. The Labute approximate surface area is 64.5 Å². The first-order valence-electron chi connectivity index (χ1n) is 3.29. The van der Waals surface area contributed by atoms with E-state index >= 15 is 0 Å². The topological polar surface area (TPSA) is 60.4 Å². The normalized spacial score (nSPS) is 8.91. The van der Waals surface area contributed by atoms with Crippen LogP contribution in [0.3, 0.4) is 0 Å². The summed E-state index contributed by atoms with van der Waals surface area (Å²) in [6.07, 6.45) is 0.662. The fraction of sp³-hybridized carbons (Fsp3) is 0.571. The second-order valence-corrected chi connectivity index (χ2v) is 1.99. The molecule has 0 bridgehead atoms. The van der Waals surface area contributed by atoms with Gasteiger partial charge in [-0.3, -0.25) is 9.59 Å². The lowest BCUT2D eigenvalue weighted by Crippen LogP contribution is -2.24. The van der Waals surface area contributed by atoms with Crippen LogP contribution in [0.5, 0.6) is 0 Å². The first-order valence-corrected chi connectivity index (χ1v) is 3.29. The van der Waals surface area contributed by atoms with Crippen LogP contribution in [0.2, 0.25) is 0 Å². The highest BCUT2D eigenvalue weighted by atomic mass is 16.5. The highest BCUT2D eigenvalue weighted by Crippen LogP contribution is 1.91. The zero-order valence-electron chi connectivity index (χ0n) is 6.55. The Balaban J connectivity index is 4.03. The van der Waals surface area contributed by atoms with Gasteiger partial charge in [0.25, 0.3) is 0 Å². The summed E-state index contributed by atoms with van der Waals surface area (Å²) in [5, 5.41) is 0. The molecule has 0 saturated heterocycles. The molecule has 0 rings (SSSR count). The van der Waals surface area contributed by atoms with Crippen molar-refractivity contribution >= 4 is 17.5 Å². The van der Waals surface area contributed by atoms with E-state index in [0.717, 1.165) is 7.11 Å². The van der Waals surface area contributed by atoms with E-state index in [1.165, 1.54) is 0 Å². The highest BCUT2D eigenvalue weighted by Gasteiger charge is 2.21. The number of carbonyl (C=O) groups is 3. The molecule has 0 aliphatic carbocycles. The first-order chi connectivity index (χ1) is 5.13. The van der Waals surface area contributed by atoms with Gasteiger partial charge in [-0.25, -0.2) is 4.79 Å². The zero-order chi connectivity index (χ0) is 8.85. The molecule has 0 aliphatic heterocycles. The van der Waals surface area contributed by atoms with Crippen molar-refractivity contribution in [1.29, 1.82) is 0 Å². The molecular formula is C7H10O4. The van der Waals surface area contributed by atoms with Crippen molar-refractivity contribution in [2.45, 2.75) is 19.8 Å². The van der Waals surface area contributed by atoms with Crippen molar-refractivity contribution in [1.82, 2.24) is 0 Å². The summed E-state index contributed by atoms with van der Waals surface area (Å²) in [6, 6.07) is 0. The van der Waals surface area contributed by atoms with Crippen LogP contribution in [0.1, 0.15) is 19.8 Å². The highest BCUT2D eigenvalue weighted by molar-refractivity contribution is 6.62. The molecule has 0 aromatic heterocycles. The van der Waals surface area contributed by atoms with E-state index in [2.05, 4.69) is 4.74 Å². The van der Waals surface area contributed by atoms with Crippen molar-refractivity contribution in [3.8, 4) is 0 Å². The SMILES string of the molecule is CCCC(=O)C(=O)C(=O)OC. The second kappa shape index (κ2) is 4.60. The minimum atomic E-state index is -1.08. The predicted octanol–water partition coefficient (Wildman–Crippen LogP) is 0.0977. The Morgan fingerprint density at radius 1 is 1.27 bits per heavy atom. The number of esters is 1. The molecule has 0 radical (unpaired) electrons. The van der Waals surface area contributed by atoms with Crippen molar-refractivity contribution in [2.24, 2.45) is 0 Å². The monoisotopic (exact) mass is 158 g/mol. The van der Waals surface area contributed by atoms with Gasteiger partial charge in [0, 0.05) is 6.42 Å². The summed E-state index contributed by atoms with van der Waals surface area (Å²) < 4.78 is 4.07. The average Bonchev–Trinajstić information content (AvgIpc) is 2.02. The average molecular weight is 158 g/mol. The van der Waals surface area contributed by atoms with Gasteiger partial charge < -0.3 is 4.74 Å². The Hall–Kier alpha value is -1.19. The third-order valence-electron chi connectivity index (χ3n) is 1.10. The predicted molar refractivity (Wildman–Crippen MR) is 36.9 cm³/mol. The Bertz CT molecular complexity index is 183. The van der Waals surface area contributed by atoms with E-state index in [1.807, 2.05) is 0 Å². The van der Waals surface area contributed by atoms with E-state index in [1.54, 1.807) is 6.92 Å². The van der Waals surface area contributed by atoms with Crippen LogP contribution in [-0.2, 0) is 19.1 Å². The number of hydrogen-bond donors (Lipinski definition) is 0. The van der Waals surface area contributed by atoms with E-state index < -0.39 is 17.5 Å². The lowest BCUT2D eigenvalue weighted by Gasteiger charge is -1.94. The van der Waals surface area contributed by atoms with Crippen LogP contribution in [0, 0.1) is 0 Å². The van der Waals surface area contributed by atoms with Crippen LogP contribution in [0.25, 0.3) is 0 Å². The molecule has 62 valence electrons. The molecule has 0 N–H and O–H groups in total. The molecule has 0 aromatic carbocycles. The minimum absolute atomic E-state index is 0.105. The van der Waals surface area contributed by atoms with Crippen molar-refractivity contribution in [3.05, 3.63) is 0 Å². The number of Topliss-reactive ketones (excluding diaryl/α,β-unsaturated/α-hetero) is 2. The van der Waals surface area contributed by atoms with Gasteiger partial charge in [-0.1, -0.05) is 6.92 Å². The molecule has 0 amide bonds. The fourth-order valence-corrected chi connectivity index (χ4v) is 0.547. The second-order valence-electron chi connectivity index (χ2n) is 1.99. The van der Waals surface area contributed by atoms with Crippen LogP contribution in [0.4, 0.5) is 0 Å². The van der Waals surface area contributed by atoms with Crippen molar-refractivity contribution in [2.75, 3.05) is 7.11 Å². The number of hydrogen-bond acceptors (Lipinski definition) is 4. The maximum atomic E-state index is 10.7. The maximum Gasteiger partial charge on any atom is 0.382 e. The van der Waals surface area contributed by atoms with E-state index in [-0.39, 0.29) is 6.42 Å². The van der Waals surface area contributed by atoms with E-state index in [4.69, 9.17) is 0 Å². The molecule has 0 fully saturated rings. The third-order valence-corrected chi connectivity index (χ3v) is 1.10. The minimum Gasteiger partial charge on any atom is -0.463 e. The first kappa shape index (κ1) is 9.81. The standard InChI is InChI=1S/C7H10O4/c1-3-4-5(8)6(9)7(10)11-2/h3-4H2,1-2H3. The number of ketones is 2. The number of rotatable bonds is 4. The number of carbonyl (C=O) groups excluding carboxylic acids is 3. The summed E-state index contributed by atoms with van der Waals surface area (Å²) in [7, 11) is 1.07. The van der Waals surface area contributed by atoms with Crippen LogP contribution < -0.4 is 0 Å². The fourth-order valence-electron chi connectivity index (χ4n) is 0.547. The zero-order valence-corrected chi connectivity index (χ0v) is 6.55. The molecule has 0 aromatic rings. The maximum absolute atomic E-state index is 10.7. The lowest BCUT2D eigenvalue weighted by atomic mass is 10.2. The van der Waals surface area contributed by atoms with Gasteiger partial charge in [-0.2, -0.15) is 0 Å². The molecule has 0 atom stereocenters. The van der Waals surface area contributed by atoms with E-state index in [0.29, 0.717) is 6.42 Å². The summed E-state index contributed by atoms with van der Waals surface area (Å²) in [5.41, 5.74) is 0. The quantitative estimate of drug-likeness (QED) is 0.330. The van der Waals surface area contributed by atoms with Crippen LogP contribution in [-0.4, -0.2) is 24.6 Å². The van der Waals surface area contributed by atoms with Crippen LogP contribution in [0.15, 0.2) is 0 Å². The summed E-state index contributed by atoms with van der Waals surface area (Å²) in [6.45, 7) is 1.75. The van der Waals surface area contributed by atoms with Gasteiger partial charge in [0.15, 0.2) is 0 Å². The molecule has 0 heterocycles. The van der Waals surface area contributed by atoms with Gasteiger partial charge in [-0.05, 0) is 6.42 Å². The molecule has 4 nitrogen and oxygen atoms in total. The van der Waals surface area contributed by atoms with E-state index in [9.17, 15) is 14.4 Å². The van der Waals surface area contributed by atoms with Crippen molar-refractivity contribution < 1.29 is 19.1 Å². The summed E-state index contributed by atoms with van der Waals surface area (Å²) in [5.74, 6) is -2.82. The number of ether oxygens (including phenoxy) is 1. The molecule has 0 aliphatic rings. The van der Waals surface area contributed by atoms with Gasteiger partial charge in [0.05, 0.1) is 7.11 Å². The van der Waals surface area contributed by atoms with Gasteiger partial charge in [0.1, 0.15) is 0 Å². The van der Waals surface area contributed by atoms with Gasteiger partial charge in [-0.15, -0.1) is 0 Å². The molecule has 0 saturated carbocycles. The van der Waals surface area contributed by atoms with Gasteiger partial charge >= 0.3 is 11.8 Å². The largest absolute Gasteiger partial charge is 0.463 e. The van der Waals surface area contributed by atoms with Gasteiger partial charge in [0.2, 0.25) is 5.78 Å². The summed E-state index contributed by atoms with van der Waals surface area (Å²) in [4.78, 5) is 31.8. The Kier molecular flexibility index (Phi) is 4.10. The molecule has 11 heavy (non-hydrogen) atoms. The molecule has 0 spiro atoms. The van der Waals surface area contributed by atoms with Crippen LogP contribution >= 0.6 is 0 Å². The molecule has 4 heteroatoms. The molecular weight excluding hydrogens is 148 g/mol. The summed E-state index contributed by atoms with van der Waals surface area (Å²) >= 11 is 0. The molecule has 0 unspecified atom stereocenters.